The first-order valence-corrected chi connectivity index (χ1v) is 5.98. The number of benzene rings is 2. The molecule has 3 N–H and O–H groups in total. The van der Waals surface area contributed by atoms with Crippen LogP contribution in [0.5, 0.6) is 0 Å². The first-order valence-electron chi connectivity index (χ1n) is 5.98. The van der Waals surface area contributed by atoms with Crippen molar-refractivity contribution < 1.29 is 9.90 Å². The van der Waals surface area contributed by atoms with Crippen molar-refractivity contribution in [3.63, 3.8) is 0 Å². The predicted octanol–water partition coefficient (Wildman–Crippen LogP) is 2.87. The van der Waals surface area contributed by atoms with Crippen molar-refractivity contribution in [2.75, 3.05) is 0 Å². The molecule has 0 aliphatic carbocycles. The minimum absolute atomic E-state index is 0.479. The van der Waals surface area contributed by atoms with Gasteiger partial charge in [-0.2, -0.15) is 0 Å². The summed E-state index contributed by atoms with van der Waals surface area (Å²) in [6.45, 7) is 3.68. The maximum absolute atomic E-state index is 10.9. The monoisotopic (exact) mass is 243 g/mol. The van der Waals surface area contributed by atoms with E-state index in [-0.39, 0.29) is 0 Å². The Balaban J connectivity index is 2.41. The number of hydrogen-bond donors (Lipinski definition) is 2. The Labute approximate surface area is 106 Å². The van der Waals surface area contributed by atoms with Gasteiger partial charge in [-0.05, 0) is 29.3 Å². The molecule has 0 radical (unpaired) electrons. The predicted molar refractivity (Wildman–Crippen MR) is 72.4 cm³/mol. The molecule has 0 aliphatic rings. The molecule has 0 heterocycles. The van der Waals surface area contributed by atoms with Gasteiger partial charge in [0.1, 0.15) is 0 Å². The van der Waals surface area contributed by atoms with Gasteiger partial charge in [-0.3, -0.25) is 4.79 Å². The molecule has 2 aromatic carbocycles. The summed E-state index contributed by atoms with van der Waals surface area (Å²) in [5.41, 5.74) is 8.05. The molecule has 0 aromatic heterocycles. The van der Waals surface area contributed by atoms with Crippen LogP contribution in [0.3, 0.4) is 0 Å². The smallest absolute Gasteiger partial charge is 0.308 e. The Morgan fingerprint density at radius 3 is 2.44 bits per heavy atom. The maximum atomic E-state index is 10.9. The van der Waals surface area contributed by atoms with Crippen LogP contribution in [0.2, 0.25) is 0 Å². The molecular formula is C15H17NO2. The van der Waals surface area contributed by atoms with E-state index in [1.807, 2.05) is 37.3 Å². The molecule has 2 rings (SSSR count). The Kier molecular flexibility index (Phi) is 3.34. The van der Waals surface area contributed by atoms with Crippen LogP contribution < -0.4 is 5.73 Å². The van der Waals surface area contributed by atoms with Gasteiger partial charge in [0.15, 0.2) is 0 Å². The zero-order valence-corrected chi connectivity index (χ0v) is 10.6. The molecule has 0 aliphatic heterocycles. The highest BCUT2D eigenvalue weighted by Gasteiger charge is 2.21. The molecule has 3 heteroatoms. The third kappa shape index (κ3) is 2.36. The summed E-state index contributed by atoms with van der Waals surface area (Å²) >= 11 is 0. The SMILES string of the molecule is Cc1ccc2cc(C(N)C(C)C(=O)O)ccc2c1. The third-order valence-corrected chi connectivity index (χ3v) is 3.33. The number of carbonyl (C=O) groups is 1. The van der Waals surface area contributed by atoms with E-state index in [9.17, 15) is 4.79 Å². The molecule has 18 heavy (non-hydrogen) atoms. The minimum atomic E-state index is -0.869. The number of carboxylic acids is 1. The average Bonchev–Trinajstić information content (AvgIpc) is 2.36. The summed E-state index contributed by atoms with van der Waals surface area (Å²) in [5, 5.41) is 11.2. The van der Waals surface area contributed by atoms with Crippen molar-refractivity contribution in [2.45, 2.75) is 19.9 Å². The molecule has 3 nitrogen and oxygen atoms in total. The largest absolute Gasteiger partial charge is 0.481 e. The van der Waals surface area contributed by atoms with Crippen molar-refractivity contribution in [1.82, 2.24) is 0 Å². The fraction of sp³-hybridized carbons (Fsp3) is 0.267. The quantitative estimate of drug-likeness (QED) is 0.871. The lowest BCUT2D eigenvalue weighted by Gasteiger charge is -2.17. The molecule has 0 saturated carbocycles. The van der Waals surface area contributed by atoms with E-state index in [2.05, 4.69) is 6.07 Å². The van der Waals surface area contributed by atoms with Gasteiger partial charge in [0, 0.05) is 6.04 Å². The van der Waals surface area contributed by atoms with Gasteiger partial charge in [-0.1, -0.05) is 42.8 Å². The van der Waals surface area contributed by atoms with Crippen LogP contribution >= 0.6 is 0 Å². The number of aliphatic carboxylic acids is 1. The molecule has 2 atom stereocenters. The second-order valence-corrected chi connectivity index (χ2v) is 4.76. The van der Waals surface area contributed by atoms with Crippen LogP contribution in [-0.4, -0.2) is 11.1 Å². The first kappa shape index (κ1) is 12.6. The lowest BCUT2D eigenvalue weighted by atomic mass is 9.93. The van der Waals surface area contributed by atoms with E-state index in [4.69, 9.17) is 10.8 Å². The summed E-state index contributed by atoms with van der Waals surface area (Å²) in [4.78, 5) is 10.9. The van der Waals surface area contributed by atoms with Crippen molar-refractivity contribution in [3.05, 3.63) is 47.5 Å². The van der Waals surface area contributed by atoms with E-state index in [1.54, 1.807) is 6.92 Å². The van der Waals surface area contributed by atoms with Crippen LogP contribution in [0, 0.1) is 12.8 Å². The highest BCUT2D eigenvalue weighted by atomic mass is 16.4. The number of fused-ring (bicyclic) bond motifs is 1. The Morgan fingerprint density at radius 1 is 1.17 bits per heavy atom. The van der Waals surface area contributed by atoms with Crippen LogP contribution in [0.1, 0.15) is 24.1 Å². The van der Waals surface area contributed by atoms with Crippen LogP contribution in [0.15, 0.2) is 36.4 Å². The van der Waals surface area contributed by atoms with Crippen LogP contribution in [0.25, 0.3) is 10.8 Å². The van der Waals surface area contributed by atoms with Crippen molar-refractivity contribution in [3.8, 4) is 0 Å². The van der Waals surface area contributed by atoms with Gasteiger partial charge in [0.25, 0.3) is 0 Å². The van der Waals surface area contributed by atoms with Crippen LogP contribution in [0.4, 0.5) is 0 Å². The molecule has 0 amide bonds. The van der Waals surface area contributed by atoms with Gasteiger partial charge in [-0.25, -0.2) is 0 Å². The average molecular weight is 243 g/mol. The second kappa shape index (κ2) is 4.78. The highest BCUT2D eigenvalue weighted by molar-refractivity contribution is 5.84. The van der Waals surface area contributed by atoms with Gasteiger partial charge in [0.2, 0.25) is 0 Å². The Bertz CT molecular complexity index is 592. The molecule has 0 spiro atoms. The molecule has 0 bridgehead atoms. The summed E-state index contributed by atoms with van der Waals surface area (Å²) in [7, 11) is 0. The number of carboxylic acid groups (broad SMARTS) is 1. The molecule has 2 aromatic rings. The lowest BCUT2D eigenvalue weighted by Crippen LogP contribution is -2.25. The topological polar surface area (TPSA) is 63.3 Å². The zero-order chi connectivity index (χ0) is 13.3. The van der Waals surface area contributed by atoms with Crippen molar-refractivity contribution >= 4 is 16.7 Å². The van der Waals surface area contributed by atoms with E-state index in [0.717, 1.165) is 16.3 Å². The second-order valence-electron chi connectivity index (χ2n) is 4.76. The van der Waals surface area contributed by atoms with Gasteiger partial charge in [0.05, 0.1) is 5.92 Å². The van der Waals surface area contributed by atoms with Gasteiger partial charge >= 0.3 is 5.97 Å². The number of nitrogens with two attached hydrogens (primary N) is 1. The van der Waals surface area contributed by atoms with E-state index >= 15 is 0 Å². The lowest BCUT2D eigenvalue weighted by molar-refractivity contribution is -0.141. The number of aryl methyl sites for hydroxylation is 1. The standard InChI is InChI=1S/C15H17NO2/c1-9-3-4-12-8-13(6-5-11(12)7-9)14(16)10(2)15(17)18/h3-8,10,14H,16H2,1-2H3,(H,17,18). The van der Waals surface area contributed by atoms with E-state index in [1.165, 1.54) is 5.56 Å². The number of hydrogen-bond acceptors (Lipinski definition) is 2. The zero-order valence-electron chi connectivity index (χ0n) is 10.6. The van der Waals surface area contributed by atoms with Crippen LogP contribution in [-0.2, 0) is 4.79 Å². The summed E-state index contributed by atoms with van der Waals surface area (Å²) < 4.78 is 0. The normalized spacial score (nSPS) is 14.4. The van der Waals surface area contributed by atoms with Crippen molar-refractivity contribution in [2.24, 2.45) is 11.7 Å². The molecular weight excluding hydrogens is 226 g/mol. The number of rotatable bonds is 3. The molecule has 94 valence electrons. The van der Waals surface area contributed by atoms with Crippen molar-refractivity contribution in [1.29, 1.82) is 0 Å². The Morgan fingerprint density at radius 2 is 1.78 bits per heavy atom. The minimum Gasteiger partial charge on any atom is -0.481 e. The summed E-state index contributed by atoms with van der Waals surface area (Å²) in [6.07, 6.45) is 0. The highest BCUT2D eigenvalue weighted by Crippen LogP contribution is 2.24. The van der Waals surface area contributed by atoms with Gasteiger partial charge < -0.3 is 10.8 Å². The van der Waals surface area contributed by atoms with Gasteiger partial charge in [-0.15, -0.1) is 0 Å². The molecule has 0 saturated heterocycles. The Hall–Kier alpha value is -1.87. The first-order chi connectivity index (χ1) is 8.49. The summed E-state index contributed by atoms with van der Waals surface area (Å²) in [6, 6.07) is 11.6. The molecule has 2 unspecified atom stereocenters. The fourth-order valence-corrected chi connectivity index (χ4v) is 2.03. The maximum Gasteiger partial charge on any atom is 0.308 e. The summed E-state index contributed by atoms with van der Waals surface area (Å²) in [5.74, 6) is -1.46. The van der Waals surface area contributed by atoms with E-state index in [0.29, 0.717) is 0 Å². The molecule has 0 fully saturated rings. The van der Waals surface area contributed by atoms with E-state index < -0.39 is 17.9 Å². The fourth-order valence-electron chi connectivity index (χ4n) is 2.03. The third-order valence-electron chi connectivity index (χ3n) is 3.33.